The van der Waals surface area contributed by atoms with E-state index in [4.69, 9.17) is 0 Å². The Kier molecular flexibility index (Phi) is 6.40. The summed E-state index contributed by atoms with van der Waals surface area (Å²) in [4.78, 5) is 2.33. The standard InChI is InChI=1S/C15H23FN2O.ClH/c1-15(2,11-19)14(18-8-6-17-7-9-18)12-4-3-5-13(16)10-12;/h3-5,10,14,17,19H,6-9,11H2,1-2H3;1H/t14-;/m1./s1. The van der Waals surface area contributed by atoms with Gasteiger partial charge in [-0.3, -0.25) is 4.90 Å². The lowest BCUT2D eigenvalue weighted by Gasteiger charge is -2.43. The molecule has 2 N–H and O–H groups in total. The number of rotatable bonds is 4. The van der Waals surface area contributed by atoms with Crippen LogP contribution in [0.3, 0.4) is 0 Å². The van der Waals surface area contributed by atoms with E-state index in [0.29, 0.717) is 0 Å². The lowest BCUT2D eigenvalue weighted by atomic mass is 9.79. The molecular weight excluding hydrogens is 279 g/mol. The molecule has 1 heterocycles. The van der Waals surface area contributed by atoms with Crippen molar-refractivity contribution in [2.75, 3.05) is 32.8 Å². The zero-order valence-corrected chi connectivity index (χ0v) is 12.9. The highest BCUT2D eigenvalue weighted by Crippen LogP contribution is 2.38. The van der Waals surface area contributed by atoms with Crippen molar-refractivity contribution < 1.29 is 9.50 Å². The number of nitrogens with zero attached hydrogens (tertiary/aromatic N) is 1. The molecule has 3 nitrogen and oxygen atoms in total. The molecule has 0 saturated carbocycles. The van der Waals surface area contributed by atoms with Crippen LogP contribution < -0.4 is 5.32 Å². The van der Waals surface area contributed by atoms with E-state index >= 15 is 0 Å². The van der Waals surface area contributed by atoms with Crippen molar-refractivity contribution in [1.29, 1.82) is 0 Å². The summed E-state index contributed by atoms with van der Waals surface area (Å²) in [6, 6.07) is 6.78. The molecule has 0 amide bonds. The molecule has 0 aromatic heterocycles. The molecule has 1 aromatic rings. The summed E-state index contributed by atoms with van der Waals surface area (Å²) >= 11 is 0. The quantitative estimate of drug-likeness (QED) is 0.895. The first kappa shape index (κ1) is 17.4. The maximum absolute atomic E-state index is 13.5. The molecule has 0 spiro atoms. The number of hydrogen-bond acceptors (Lipinski definition) is 3. The van der Waals surface area contributed by atoms with Crippen LogP contribution in [0.4, 0.5) is 4.39 Å². The van der Waals surface area contributed by atoms with Crippen LogP contribution in [0, 0.1) is 11.2 Å². The summed E-state index contributed by atoms with van der Waals surface area (Å²) in [5, 5.41) is 13.0. The lowest BCUT2D eigenvalue weighted by molar-refractivity contribution is 0.0304. The van der Waals surface area contributed by atoms with Gasteiger partial charge in [0.15, 0.2) is 0 Å². The van der Waals surface area contributed by atoms with Crippen molar-refractivity contribution in [3.8, 4) is 0 Å². The van der Waals surface area contributed by atoms with Crippen LogP contribution in [0.5, 0.6) is 0 Å². The molecule has 1 aromatic carbocycles. The molecule has 1 saturated heterocycles. The lowest BCUT2D eigenvalue weighted by Crippen LogP contribution is -2.49. The van der Waals surface area contributed by atoms with Crippen LogP contribution in [0.15, 0.2) is 24.3 Å². The van der Waals surface area contributed by atoms with Crippen LogP contribution in [0.2, 0.25) is 0 Å². The van der Waals surface area contributed by atoms with E-state index in [-0.39, 0.29) is 36.3 Å². The average Bonchev–Trinajstić information content (AvgIpc) is 2.40. The minimum absolute atomic E-state index is 0. The second kappa shape index (κ2) is 7.36. The van der Waals surface area contributed by atoms with Gasteiger partial charge in [0, 0.05) is 44.2 Å². The van der Waals surface area contributed by atoms with Crippen LogP contribution in [-0.4, -0.2) is 42.8 Å². The first-order valence-corrected chi connectivity index (χ1v) is 6.86. The second-order valence-electron chi connectivity index (χ2n) is 5.89. The molecule has 5 heteroatoms. The number of aliphatic hydroxyl groups excluding tert-OH is 1. The number of benzene rings is 1. The maximum Gasteiger partial charge on any atom is 0.123 e. The predicted molar refractivity (Wildman–Crippen MR) is 81.7 cm³/mol. The molecule has 1 aliphatic rings. The molecule has 0 radical (unpaired) electrons. The van der Waals surface area contributed by atoms with E-state index < -0.39 is 0 Å². The van der Waals surface area contributed by atoms with Crippen LogP contribution in [0.1, 0.15) is 25.5 Å². The summed E-state index contributed by atoms with van der Waals surface area (Å²) in [7, 11) is 0. The van der Waals surface area contributed by atoms with Gasteiger partial charge in [-0.1, -0.05) is 26.0 Å². The largest absolute Gasteiger partial charge is 0.396 e. The van der Waals surface area contributed by atoms with Gasteiger partial charge in [0.05, 0.1) is 0 Å². The Balaban J connectivity index is 0.00000200. The highest BCUT2D eigenvalue weighted by molar-refractivity contribution is 5.85. The Bertz CT molecular complexity index is 422. The Labute approximate surface area is 126 Å². The summed E-state index contributed by atoms with van der Waals surface area (Å²) in [6.45, 7) is 7.86. The first-order chi connectivity index (χ1) is 9.04. The molecule has 20 heavy (non-hydrogen) atoms. The molecule has 0 unspecified atom stereocenters. The molecule has 1 atom stereocenters. The van der Waals surface area contributed by atoms with Crippen molar-refractivity contribution in [1.82, 2.24) is 10.2 Å². The van der Waals surface area contributed by atoms with E-state index in [1.165, 1.54) is 6.07 Å². The fourth-order valence-electron chi connectivity index (χ4n) is 2.86. The van der Waals surface area contributed by atoms with Gasteiger partial charge in [-0.25, -0.2) is 4.39 Å². The van der Waals surface area contributed by atoms with E-state index in [9.17, 15) is 9.50 Å². The van der Waals surface area contributed by atoms with Crippen LogP contribution >= 0.6 is 12.4 Å². The summed E-state index contributed by atoms with van der Waals surface area (Å²) in [5.41, 5.74) is 0.645. The molecule has 0 bridgehead atoms. The molecule has 2 rings (SSSR count). The van der Waals surface area contributed by atoms with Crippen LogP contribution in [-0.2, 0) is 0 Å². The zero-order valence-electron chi connectivity index (χ0n) is 12.1. The fraction of sp³-hybridized carbons (Fsp3) is 0.600. The van der Waals surface area contributed by atoms with Crippen LogP contribution in [0.25, 0.3) is 0 Å². The number of hydrogen-bond donors (Lipinski definition) is 2. The Morgan fingerprint density at radius 2 is 2.00 bits per heavy atom. The minimum Gasteiger partial charge on any atom is -0.396 e. The van der Waals surface area contributed by atoms with E-state index in [0.717, 1.165) is 31.7 Å². The zero-order chi connectivity index (χ0) is 13.9. The molecular formula is C15H24ClFN2O. The monoisotopic (exact) mass is 302 g/mol. The normalized spacial score (nSPS) is 18.4. The van der Waals surface area contributed by atoms with E-state index in [1.807, 2.05) is 19.9 Å². The predicted octanol–water partition coefficient (Wildman–Crippen LogP) is 2.21. The van der Waals surface area contributed by atoms with Gasteiger partial charge < -0.3 is 10.4 Å². The van der Waals surface area contributed by atoms with Gasteiger partial charge in [-0.2, -0.15) is 0 Å². The number of nitrogens with one attached hydrogen (secondary N) is 1. The summed E-state index contributed by atoms with van der Waals surface area (Å²) in [6.07, 6.45) is 0. The molecule has 1 aliphatic heterocycles. The van der Waals surface area contributed by atoms with Crippen molar-refractivity contribution in [2.45, 2.75) is 19.9 Å². The second-order valence-corrected chi connectivity index (χ2v) is 5.89. The number of aliphatic hydroxyl groups is 1. The van der Waals surface area contributed by atoms with Gasteiger partial charge >= 0.3 is 0 Å². The maximum atomic E-state index is 13.5. The average molecular weight is 303 g/mol. The smallest absolute Gasteiger partial charge is 0.123 e. The highest BCUT2D eigenvalue weighted by Gasteiger charge is 2.35. The van der Waals surface area contributed by atoms with Gasteiger partial charge in [0.25, 0.3) is 0 Å². The topological polar surface area (TPSA) is 35.5 Å². The molecule has 1 fully saturated rings. The third-order valence-electron chi connectivity index (χ3n) is 3.83. The number of piperazine rings is 1. The van der Waals surface area contributed by atoms with Gasteiger partial charge in [-0.15, -0.1) is 12.4 Å². The summed E-state index contributed by atoms with van der Waals surface area (Å²) in [5.74, 6) is -0.216. The van der Waals surface area contributed by atoms with E-state index in [1.54, 1.807) is 12.1 Å². The molecule has 0 aliphatic carbocycles. The van der Waals surface area contributed by atoms with Crippen molar-refractivity contribution in [3.63, 3.8) is 0 Å². The fourth-order valence-corrected chi connectivity index (χ4v) is 2.86. The first-order valence-electron chi connectivity index (χ1n) is 6.86. The van der Waals surface area contributed by atoms with Gasteiger partial charge in [-0.05, 0) is 17.7 Å². The molecule has 114 valence electrons. The highest BCUT2D eigenvalue weighted by atomic mass is 35.5. The van der Waals surface area contributed by atoms with Crippen molar-refractivity contribution in [2.24, 2.45) is 5.41 Å². The Morgan fingerprint density at radius 1 is 1.35 bits per heavy atom. The van der Waals surface area contributed by atoms with Crippen molar-refractivity contribution in [3.05, 3.63) is 35.6 Å². The summed E-state index contributed by atoms with van der Waals surface area (Å²) < 4.78 is 13.5. The Morgan fingerprint density at radius 3 is 2.55 bits per heavy atom. The third-order valence-corrected chi connectivity index (χ3v) is 3.83. The Hall–Kier alpha value is -0.680. The van der Waals surface area contributed by atoms with Gasteiger partial charge in [0.1, 0.15) is 5.82 Å². The SMILES string of the molecule is CC(C)(CO)[C@@H](c1cccc(F)c1)N1CCNCC1.Cl. The van der Waals surface area contributed by atoms with Gasteiger partial charge in [0.2, 0.25) is 0 Å². The van der Waals surface area contributed by atoms with E-state index in [2.05, 4.69) is 10.2 Å². The third kappa shape index (κ3) is 3.92. The minimum atomic E-state index is -0.300. The number of halogens is 2. The van der Waals surface area contributed by atoms with Crippen molar-refractivity contribution >= 4 is 12.4 Å².